The summed E-state index contributed by atoms with van der Waals surface area (Å²) in [4.78, 5) is 16.2. The van der Waals surface area contributed by atoms with Crippen LogP contribution in [0.25, 0.3) is 11.3 Å². The van der Waals surface area contributed by atoms with E-state index >= 15 is 0 Å². The molecule has 5 rings (SSSR count). The summed E-state index contributed by atoms with van der Waals surface area (Å²) >= 11 is 1.45. The zero-order valence-electron chi connectivity index (χ0n) is 19.2. The molecule has 35 heavy (non-hydrogen) atoms. The number of non-ortho nitro benzene ring substituents is 1. The molecule has 0 spiro atoms. The minimum atomic E-state index is -0.409. The Kier molecular flexibility index (Phi) is 6.15. The van der Waals surface area contributed by atoms with E-state index in [0.29, 0.717) is 23.8 Å². The summed E-state index contributed by atoms with van der Waals surface area (Å²) in [5.41, 5.74) is 5.24. The number of hydrogen-bond acceptors (Lipinski definition) is 7. The van der Waals surface area contributed by atoms with Crippen molar-refractivity contribution in [1.29, 1.82) is 0 Å². The highest BCUT2D eigenvalue weighted by atomic mass is 32.1. The number of aromatic nitrogens is 1. The molecule has 1 aliphatic rings. The number of rotatable bonds is 5. The van der Waals surface area contributed by atoms with Gasteiger partial charge in [0.25, 0.3) is 5.69 Å². The first-order valence-corrected chi connectivity index (χ1v) is 11.9. The minimum Gasteiger partial charge on any atom is -0.486 e. The molecule has 0 radical (unpaired) electrons. The number of nitro benzene ring substituents is 1. The molecule has 0 bridgehead atoms. The smallest absolute Gasteiger partial charge is 0.269 e. The van der Waals surface area contributed by atoms with E-state index in [4.69, 9.17) is 19.6 Å². The molecule has 1 aliphatic heterocycles. The highest BCUT2D eigenvalue weighted by Gasteiger charge is 2.15. The average Bonchev–Trinajstić information content (AvgIpc) is 3.26. The molecule has 3 aromatic carbocycles. The number of benzene rings is 3. The van der Waals surface area contributed by atoms with Gasteiger partial charge in [-0.15, -0.1) is 11.3 Å². The molecule has 2 heterocycles. The van der Waals surface area contributed by atoms with Gasteiger partial charge in [0.1, 0.15) is 13.2 Å². The molecule has 176 valence electrons. The van der Waals surface area contributed by atoms with Crippen LogP contribution in [0.1, 0.15) is 18.1 Å². The average molecular weight is 487 g/mol. The SMILES string of the molecule is CC(=Nn1c(-c2ccc([N+](=O)[O-])cc2)csc1=Nc1ccc(C)cc1)c1ccc2c(c1)OCCO2. The summed E-state index contributed by atoms with van der Waals surface area (Å²) in [5, 5.41) is 18.0. The molecule has 4 aromatic rings. The van der Waals surface area contributed by atoms with E-state index < -0.39 is 4.92 Å². The Morgan fingerprint density at radius 2 is 1.71 bits per heavy atom. The molecule has 0 unspecified atom stereocenters. The van der Waals surface area contributed by atoms with Crippen molar-refractivity contribution < 1.29 is 14.4 Å². The second-order valence-electron chi connectivity index (χ2n) is 8.01. The summed E-state index contributed by atoms with van der Waals surface area (Å²) in [6.07, 6.45) is 0. The van der Waals surface area contributed by atoms with Crippen molar-refractivity contribution in [3.8, 4) is 22.8 Å². The van der Waals surface area contributed by atoms with Crippen LogP contribution in [0.4, 0.5) is 11.4 Å². The van der Waals surface area contributed by atoms with Gasteiger partial charge in [-0.1, -0.05) is 17.7 Å². The summed E-state index contributed by atoms with van der Waals surface area (Å²) in [6.45, 7) is 5.00. The lowest BCUT2D eigenvalue weighted by molar-refractivity contribution is -0.384. The van der Waals surface area contributed by atoms with E-state index in [-0.39, 0.29) is 5.69 Å². The Balaban J connectivity index is 1.62. The van der Waals surface area contributed by atoms with E-state index in [1.807, 2.05) is 61.7 Å². The van der Waals surface area contributed by atoms with E-state index in [1.165, 1.54) is 23.5 Å². The molecule has 9 heteroatoms. The predicted octanol–water partition coefficient (Wildman–Crippen LogP) is 5.71. The number of hydrogen-bond donors (Lipinski definition) is 0. The van der Waals surface area contributed by atoms with Crippen LogP contribution < -0.4 is 14.3 Å². The van der Waals surface area contributed by atoms with Crippen molar-refractivity contribution in [2.45, 2.75) is 13.8 Å². The van der Waals surface area contributed by atoms with Gasteiger partial charge in [0.15, 0.2) is 11.5 Å². The lowest BCUT2D eigenvalue weighted by atomic mass is 10.1. The maximum Gasteiger partial charge on any atom is 0.269 e. The number of thiazole rings is 1. The minimum absolute atomic E-state index is 0.0380. The maximum atomic E-state index is 11.1. The van der Waals surface area contributed by atoms with Crippen LogP contribution in [0.3, 0.4) is 0 Å². The van der Waals surface area contributed by atoms with Gasteiger partial charge in [0, 0.05) is 28.6 Å². The van der Waals surface area contributed by atoms with Crippen LogP contribution in [0.2, 0.25) is 0 Å². The predicted molar refractivity (Wildman–Crippen MR) is 136 cm³/mol. The highest BCUT2D eigenvalue weighted by molar-refractivity contribution is 7.07. The fourth-order valence-electron chi connectivity index (χ4n) is 3.63. The lowest BCUT2D eigenvalue weighted by Gasteiger charge is -2.18. The number of nitro groups is 1. The van der Waals surface area contributed by atoms with Crippen molar-refractivity contribution in [3.05, 3.63) is 98.2 Å². The third-order valence-electron chi connectivity index (χ3n) is 5.53. The van der Waals surface area contributed by atoms with Crippen LogP contribution in [0.15, 0.2) is 82.2 Å². The Morgan fingerprint density at radius 1 is 1.00 bits per heavy atom. The van der Waals surface area contributed by atoms with E-state index in [0.717, 1.165) is 39.5 Å². The van der Waals surface area contributed by atoms with Crippen molar-refractivity contribution >= 4 is 28.4 Å². The molecule has 0 saturated heterocycles. The number of aryl methyl sites for hydroxylation is 1. The first-order valence-electron chi connectivity index (χ1n) is 11.0. The first kappa shape index (κ1) is 22.5. The Hall–Kier alpha value is -4.24. The van der Waals surface area contributed by atoms with E-state index in [1.54, 1.807) is 16.8 Å². The zero-order valence-corrected chi connectivity index (χ0v) is 20.0. The van der Waals surface area contributed by atoms with Crippen molar-refractivity contribution in [2.24, 2.45) is 10.1 Å². The fourth-order valence-corrected chi connectivity index (χ4v) is 4.48. The Bertz CT molecular complexity index is 1490. The summed E-state index contributed by atoms with van der Waals surface area (Å²) < 4.78 is 13.1. The number of fused-ring (bicyclic) bond motifs is 1. The van der Waals surface area contributed by atoms with Crippen molar-refractivity contribution in [2.75, 3.05) is 13.2 Å². The Morgan fingerprint density at radius 3 is 2.43 bits per heavy atom. The standard InChI is InChI=1S/C26H22N4O4S/c1-17-3-8-21(9-4-17)27-26-29(23(16-35-26)19-5-10-22(11-6-19)30(31)32)28-18(2)20-7-12-24-25(15-20)34-14-13-33-24/h3-12,15-16H,13-14H2,1-2H3. The van der Waals surface area contributed by atoms with Crippen LogP contribution >= 0.6 is 11.3 Å². The normalized spacial score (nSPS) is 13.7. The largest absolute Gasteiger partial charge is 0.486 e. The second-order valence-corrected chi connectivity index (χ2v) is 8.85. The van der Waals surface area contributed by atoms with Gasteiger partial charge in [0.05, 0.1) is 22.0 Å². The topological polar surface area (TPSA) is 91.2 Å². The van der Waals surface area contributed by atoms with Gasteiger partial charge in [-0.2, -0.15) is 5.10 Å². The van der Waals surface area contributed by atoms with Crippen LogP contribution in [0.5, 0.6) is 11.5 Å². The van der Waals surface area contributed by atoms with Gasteiger partial charge < -0.3 is 9.47 Å². The molecule has 0 fully saturated rings. The molecule has 0 N–H and O–H groups in total. The molecule has 0 atom stereocenters. The molecule has 1 aromatic heterocycles. The summed E-state index contributed by atoms with van der Waals surface area (Å²) in [7, 11) is 0. The van der Waals surface area contributed by atoms with Gasteiger partial charge in [-0.05, 0) is 56.3 Å². The van der Waals surface area contributed by atoms with E-state index in [9.17, 15) is 10.1 Å². The van der Waals surface area contributed by atoms with Crippen LogP contribution in [-0.2, 0) is 0 Å². The monoisotopic (exact) mass is 486 g/mol. The van der Waals surface area contributed by atoms with Gasteiger partial charge in [-0.25, -0.2) is 9.67 Å². The summed E-state index contributed by atoms with van der Waals surface area (Å²) in [6, 6.07) is 20.1. The van der Waals surface area contributed by atoms with Crippen molar-refractivity contribution in [3.63, 3.8) is 0 Å². The second kappa shape index (κ2) is 9.55. The van der Waals surface area contributed by atoms with E-state index in [2.05, 4.69) is 0 Å². The molecule has 8 nitrogen and oxygen atoms in total. The molecular weight excluding hydrogens is 464 g/mol. The highest BCUT2D eigenvalue weighted by Crippen LogP contribution is 2.31. The molecule has 0 saturated carbocycles. The first-order chi connectivity index (χ1) is 17.0. The quantitative estimate of drug-likeness (QED) is 0.205. The number of ether oxygens (including phenoxy) is 2. The van der Waals surface area contributed by atoms with Gasteiger partial charge in [-0.3, -0.25) is 10.1 Å². The molecule has 0 aliphatic carbocycles. The molecular formula is C26H22N4O4S. The maximum absolute atomic E-state index is 11.1. The van der Waals surface area contributed by atoms with Crippen LogP contribution in [-0.4, -0.2) is 28.5 Å². The third kappa shape index (κ3) is 4.85. The zero-order chi connectivity index (χ0) is 24.4. The van der Waals surface area contributed by atoms with Gasteiger partial charge in [0.2, 0.25) is 4.80 Å². The van der Waals surface area contributed by atoms with Gasteiger partial charge >= 0.3 is 0 Å². The third-order valence-corrected chi connectivity index (χ3v) is 6.34. The molecule has 0 amide bonds. The van der Waals surface area contributed by atoms with Crippen LogP contribution in [0, 0.1) is 17.0 Å². The van der Waals surface area contributed by atoms with Crippen molar-refractivity contribution in [1.82, 2.24) is 4.68 Å². The Labute approximate surface area is 205 Å². The lowest BCUT2D eigenvalue weighted by Crippen LogP contribution is -2.16. The fraction of sp³-hybridized carbons (Fsp3) is 0.154. The summed E-state index contributed by atoms with van der Waals surface area (Å²) in [5.74, 6) is 1.41. The number of nitrogens with zero attached hydrogens (tertiary/aromatic N) is 4.